The SMILES string of the molecule is CC(=O)OC/C(=C\C(=O)[O-])OC1OC(COS(=O)(=O)[O-])C(OC2OC(C(=O)[O-])C(OC3OC(COS(=O)(=O)[O-])C(OC4OC(C(=O)[O-])C(OC5OC(CS(=O)(=O)[O-])C(O)C(OC(C)=O)C5NS(=O)(=O)[O-])C(OC(C)=O)C4OS(=O)(=O)[O-])C(OC(C)=O)C3NS(=O)(=O)[O-])C(OC(C)=O)C2OS(=O)(=O)[O-])C(OC(C)=O)C1NS(=O)(=O)[O-].[Na+].[Na+].[Na+].[Na+].[Na+].[Na+].[Na+].[Na+].[Na+].[Na+].[Na+]. The van der Waals surface area contributed by atoms with Gasteiger partial charge in [0.05, 0.1) is 47.0 Å². The van der Waals surface area contributed by atoms with Gasteiger partial charge in [0, 0.05) is 47.6 Å². The zero-order valence-corrected chi connectivity index (χ0v) is 96.4. The van der Waals surface area contributed by atoms with E-state index in [0.717, 1.165) is 9.44 Å². The molecule has 5 heterocycles. The Kier molecular flexibility index (Phi) is 69.0. The van der Waals surface area contributed by atoms with Crippen molar-refractivity contribution in [3.8, 4) is 0 Å². The van der Waals surface area contributed by atoms with Crippen molar-refractivity contribution in [3.05, 3.63) is 11.8 Å². The smallest absolute Gasteiger partial charge is 0.748 e. The van der Waals surface area contributed by atoms with E-state index in [-0.39, 0.29) is 345 Å². The number of carboxylic acid groups (broad SMARTS) is 3. The van der Waals surface area contributed by atoms with Crippen molar-refractivity contribution >= 4 is 136 Å². The summed E-state index contributed by atoms with van der Waals surface area (Å²) in [5, 5.41) is 49.6. The Morgan fingerprint density at radius 2 is 0.632 bits per heavy atom. The Labute approximate surface area is 952 Å². The van der Waals surface area contributed by atoms with Crippen molar-refractivity contribution in [1.29, 1.82) is 0 Å². The van der Waals surface area contributed by atoms with Crippen molar-refractivity contribution < 1.29 is 585 Å². The summed E-state index contributed by atoms with van der Waals surface area (Å²) < 4.78 is 403. The Hall–Kier alpha value is 4.37. The minimum atomic E-state index is -6.72. The molecule has 5 rings (SSSR count). The van der Waals surface area contributed by atoms with Crippen LogP contribution in [0.5, 0.6) is 0 Å². The third-order valence-corrected chi connectivity index (χ3v) is 18.7. The quantitative estimate of drug-likeness (QED) is 0.00848. The summed E-state index contributed by atoms with van der Waals surface area (Å²) in [7, 11) is -50.5. The van der Waals surface area contributed by atoms with E-state index in [0.29, 0.717) is 27.7 Å². The zero-order chi connectivity index (χ0) is 87.0. The van der Waals surface area contributed by atoms with Gasteiger partial charge in [-0.2, -0.15) is 0 Å². The van der Waals surface area contributed by atoms with Gasteiger partial charge >= 0.3 is 361 Å². The average Bonchev–Trinajstić information content (AvgIpc) is 0.751. The Morgan fingerprint density at radius 3 is 0.912 bits per heavy atom. The predicted molar refractivity (Wildman–Crippen MR) is 312 cm³/mol. The van der Waals surface area contributed by atoms with Crippen LogP contribution in [0.15, 0.2) is 11.8 Å². The molecule has 60 nitrogen and oxygen atoms in total. The van der Waals surface area contributed by atoms with E-state index < -0.39 is 321 Å². The molecule has 0 radical (unpaired) electrons. The van der Waals surface area contributed by atoms with Gasteiger partial charge in [-0.3, -0.25) is 45.5 Å². The molecule has 5 fully saturated rings. The van der Waals surface area contributed by atoms with Crippen LogP contribution < -0.4 is 355 Å². The minimum Gasteiger partial charge on any atom is -0.748 e. The van der Waals surface area contributed by atoms with Crippen LogP contribution in [-0.2, 0) is 218 Å². The fourth-order valence-corrected chi connectivity index (χ4v) is 15.0. The van der Waals surface area contributed by atoms with Crippen LogP contribution in [-0.4, -0.2) is 342 Å². The van der Waals surface area contributed by atoms with Crippen LogP contribution in [0.3, 0.4) is 0 Å². The molecule has 125 heavy (non-hydrogen) atoms. The number of aliphatic carboxylic acids is 3. The molecule has 0 aliphatic carbocycles. The number of aliphatic hydroxyl groups excluding tert-OH is 1. The third-order valence-electron chi connectivity index (χ3n) is 14.5. The molecule has 656 valence electrons. The molecular formula is C46H56N3Na11O57S8. The molecule has 0 aromatic rings. The average molecular weight is 2070 g/mol. The maximum absolute atomic E-state index is 13.5. The summed E-state index contributed by atoms with van der Waals surface area (Å²) in [5.74, 6) is -21.5. The first-order chi connectivity index (χ1) is 51.8. The van der Waals surface area contributed by atoms with E-state index in [1.165, 1.54) is 4.72 Å². The Balaban J connectivity index is -0.00000253. The van der Waals surface area contributed by atoms with E-state index in [4.69, 9.17) is 71.1 Å². The monoisotopic (exact) mass is 2070 g/mol. The Bertz CT molecular complexity index is 4600. The maximum Gasteiger partial charge on any atom is 1.00 e. The molecule has 5 aliphatic rings. The molecule has 0 aromatic carbocycles. The summed E-state index contributed by atoms with van der Waals surface area (Å²) in [6.45, 7) is -3.02. The summed E-state index contributed by atoms with van der Waals surface area (Å²) in [5.41, 5.74) is 0. The first-order valence-electron chi connectivity index (χ1n) is 30.0. The summed E-state index contributed by atoms with van der Waals surface area (Å²) in [6, 6.07) is -9.18. The van der Waals surface area contributed by atoms with E-state index in [9.17, 15) is 167 Å². The van der Waals surface area contributed by atoms with Crippen LogP contribution in [0, 0.1) is 0 Å². The van der Waals surface area contributed by atoms with Crippen molar-refractivity contribution in [3.63, 3.8) is 0 Å². The number of rotatable bonds is 38. The summed E-state index contributed by atoms with van der Waals surface area (Å²) >= 11 is 0. The van der Waals surface area contributed by atoms with Crippen molar-refractivity contribution in [2.75, 3.05) is 25.6 Å². The standard InChI is InChI=1S/C46H67N3O57S8.11Na/c1-12(50)87-8-18(7-22(56)57)95-42-24(48-109(69,70)71)30(91-14(3)52)27(19(96-42)9-88-111(75,76)77)99-45-39(106-114(84,85)86)35(94-17(6)55)33(37(104-45)41(61)62)102-44-25(49-110(72,73)74)31(92-15(4)53)28(20(97-44)10-89-112(78,79)80)100-46-38(105-113(81,82)83)34(93-16(5)54)32(36(103-46)40(59)60)101-43-23(47-108(66,67)68)29(90-13(2)51)26(58)21(98-43)11-107(63,64)65;;;;;;;;;;;/h7,19-21,23-39,42-49,58H,8-11H2,1-6H3,(H,56,57)(H,59,60)(H,61,62)(H,63,64,65)(H,66,67,68)(H,69,70,71)(H,72,73,74)(H,75,76,77)(H,78,79,80)(H,81,82,83)(H,84,85,86);;;;;;;;;;;/q;11*+1/p-11/b18-7+;;;;;;;;;;;. The van der Waals surface area contributed by atoms with Crippen molar-refractivity contribution in [1.82, 2.24) is 14.2 Å². The molecular weight excluding hydrogens is 2020 g/mol. The summed E-state index contributed by atoms with van der Waals surface area (Å²) in [4.78, 5) is 115. The maximum atomic E-state index is 13.5. The summed E-state index contributed by atoms with van der Waals surface area (Å²) in [6.07, 6.45) is -70.8. The zero-order valence-electron chi connectivity index (χ0n) is 67.9. The predicted octanol–water partition coefficient (Wildman–Crippen LogP) is -50.6. The number of ether oxygens (including phenoxy) is 16. The molecule has 5 aliphatic heterocycles. The second-order valence-electron chi connectivity index (χ2n) is 23.0. The number of nitrogens with one attached hydrogen (secondary N) is 3. The van der Waals surface area contributed by atoms with Crippen molar-refractivity contribution in [2.45, 2.75) is 195 Å². The van der Waals surface area contributed by atoms with Gasteiger partial charge in [0.1, 0.15) is 91.5 Å². The second-order valence-corrected chi connectivity index (χ2v) is 32.1. The minimum absolute atomic E-state index is 0. The number of aliphatic hydroxyl groups is 1. The first-order valence-corrected chi connectivity index (χ1v) is 41.1. The largest absolute Gasteiger partial charge is 1.00 e. The van der Waals surface area contributed by atoms with Crippen LogP contribution >= 0.6 is 0 Å². The fraction of sp³-hybridized carbons (Fsp3) is 0.761. The molecule has 5 saturated heterocycles. The second kappa shape index (κ2) is 60.6. The number of esters is 6. The fourth-order valence-electron chi connectivity index (χ4n) is 11.0. The first kappa shape index (κ1) is 142. The van der Waals surface area contributed by atoms with Gasteiger partial charge in [-0.1, -0.05) is 0 Å². The van der Waals surface area contributed by atoms with Crippen LogP contribution in [0.2, 0.25) is 0 Å². The van der Waals surface area contributed by atoms with Gasteiger partial charge in [0.25, 0.3) is 0 Å². The van der Waals surface area contributed by atoms with E-state index >= 15 is 0 Å². The number of hydrogen-bond acceptors (Lipinski definition) is 57. The van der Waals surface area contributed by atoms with Gasteiger partial charge in [-0.25, -0.2) is 81.5 Å². The Morgan fingerprint density at radius 1 is 0.344 bits per heavy atom. The van der Waals surface area contributed by atoms with Gasteiger partial charge in [0.15, 0.2) is 98.8 Å². The molecule has 0 aromatic heterocycles. The topological polar surface area (TPSA) is 921 Å². The van der Waals surface area contributed by atoms with E-state index in [1.54, 1.807) is 0 Å². The van der Waals surface area contributed by atoms with Crippen molar-refractivity contribution in [2.24, 2.45) is 0 Å². The number of carboxylic acids is 3. The number of hydrogen-bond donors (Lipinski definition) is 4. The molecule has 0 saturated carbocycles. The van der Waals surface area contributed by atoms with Gasteiger partial charge < -0.3 is 147 Å². The third kappa shape index (κ3) is 49.6. The normalized spacial score (nSPS) is 30.0. The van der Waals surface area contributed by atoms with Crippen LogP contribution in [0.4, 0.5) is 0 Å². The molecule has 25 unspecified atom stereocenters. The van der Waals surface area contributed by atoms with Crippen LogP contribution in [0.1, 0.15) is 41.5 Å². The molecule has 79 heteroatoms. The van der Waals surface area contributed by atoms with Gasteiger partial charge in [0.2, 0.25) is 47.9 Å². The molecule has 0 amide bonds. The van der Waals surface area contributed by atoms with E-state index in [1.807, 2.05) is 0 Å². The number of carbonyl (C=O) groups is 9. The molecule has 4 N–H and O–H groups in total. The molecule has 25 atom stereocenters. The van der Waals surface area contributed by atoms with Gasteiger partial charge in [-0.05, 0) is 0 Å². The van der Waals surface area contributed by atoms with Crippen LogP contribution in [0.25, 0.3) is 0 Å². The van der Waals surface area contributed by atoms with Gasteiger partial charge in [-0.15, -0.1) is 0 Å². The van der Waals surface area contributed by atoms with E-state index in [2.05, 4.69) is 21.5 Å². The molecule has 0 bridgehead atoms. The molecule has 0 spiro atoms. The number of carbonyl (C=O) groups excluding carboxylic acids is 9.